The quantitative estimate of drug-likeness (QED) is 0.199. The fourth-order valence-electron chi connectivity index (χ4n) is 4.96. The average Bonchev–Trinajstić information content (AvgIpc) is 3.02. The molecule has 0 aliphatic carbocycles. The van der Waals surface area contributed by atoms with E-state index in [1.54, 1.807) is 30.3 Å². The lowest BCUT2D eigenvalue weighted by molar-refractivity contribution is -0.140. The van der Waals surface area contributed by atoms with Crippen molar-refractivity contribution in [3.8, 4) is 0 Å². The molecule has 44 heavy (non-hydrogen) atoms. The summed E-state index contributed by atoms with van der Waals surface area (Å²) in [4.78, 5) is 30.0. The number of amides is 2. The van der Waals surface area contributed by atoms with Gasteiger partial charge in [0.1, 0.15) is 12.6 Å². The molecule has 4 aromatic carbocycles. The third kappa shape index (κ3) is 8.35. The molecule has 2 atom stereocenters. The van der Waals surface area contributed by atoms with E-state index >= 15 is 0 Å². The highest BCUT2D eigenvalue weighted by Gasteiger charge is 2.35. The van der Waals surface area contributed by atoms with Crippen LogP contribution in [0.2, 0.25) is 0 Å². The number of aryl methyl sites for hydroxylation is 2. The number of hydrogen-bond donors (Lipinski definition) is 1. The van der Waals surface area contributed by atoms with Crippen LogP contribution in [0.4, 0.5) is 5.69 Å². The van der Waals surface area contributed by atoms with Gasteiger partial charge in [0.2, 0.25) is 11.8 Å². The third-order valence-electron chi connectivity index (χ3n) is 7.64. The Kier molecular flexibility index (Phi) is 11.0. The van der Waals surface area contributed by atoms with Crippen molar-refractivity contribution in [3.05, 3.63) is 131 Å². The number of benzene rings is 4. The van der Waals surface area contributed by atoms with Crippen molar-refractivity contribution in [1.29, 1.82) is 0 Å². The molecule has 4 rings (SSSR count). The molecule has 8 heteroatoms. The SMILES string of the molecule is CC[C@@H](C)NC(=O)[C@@H](Cc1ccccc1)N(Cc1cccc(C)c1)C(=O)CN(c1ccc(C)cc1)S(=O)(=O)c1ccccc1. The van der Waals surface area contributed by atoms with Gasteiger partial charge >= 0.3 is 0 Å². The van der Waals surface area contributed by atoms with Crippen molar-refractivity contribution in [2.24, 2.45) is 0 Å². The van der Waals surface area contributed by atoms with Crippen LogP contribution in [0.25, 0.3) is 0 Å². The first kappa shape index (κ1) is 32.5. The Balaban J connectivity index is 1.80. The molecule has 0 saturated carbocycles. The van der Waals surface area contributed by atoms with Gasteiger partial charge in [-0.15, -0.1) is 0 Å². The molecule has 0 saturated heterocycles. The monoisotopic (exact) mass is 611 g/mol. The third-order valence-corrected chi connectivity index (χ3v) is 9.43. The van der Waals surface area contributed by atoms with Gasteiger partial charge in [-0.25, -0.2) is 8.42 Å². The first-order valence-electron chi connectivity index (χ1n) is 14.9. The Morgan fingerprint density at radius 2 is 1.39 bits per heavy atom. The maximum Gasteiger partial charge on any atom is 0.264 e. The maximum atomic E-state index is 14.5. The average molecular weight is 612 g/mol. The van der Waals surface area contributed by atoms with Gasteiger partial charge in [0, 0.05) is 19.0 Å². The van der Waals surface area contributed by atoms with Crippen LogP contribution in [-0.4, -0.2) is 43.8 Å². The summed E-state index contributed by atoms with van der Waals surface area (Å²) in [6.07, 6.45) is 1.00. The van der Waals surface area contributed by atoms with E-state index in [1.807, 2.05) is 94.4 Å². The van der Waals surface area contributed by atoms with E-state index in [9.17, 15) is 18.0 Å². The summed E-state index contributed by atoms with van der Waals surface area (Å²) in [5.74, 6) is -0.760. The molecule has 4 aromatic rings. The summed E-state index contributed by atoms with van der Waals surface area (Å²) >= 11 is 0. The van der Waals surface area contributed by atoms with E-state index in [0.717, 1.165) is 33.0 Å². The summed E-state index contributed by atoms with van der Waals surface area (Å²) in [7, 11) is -4.12. The molecule has 0 aromatic heterocycles. The summed E-state index contributed by atoms with van der Waals surface area (Å²) in [6, 6.07) is 31.5. The van der Waals surface area contributed by atoms with E-state index in [1.165, 1.54) is 17.0 Å². The lowest BCUT2D eigenvalue weighted by atomic mass is 10.0. The first-order valence-corrected chi connectivity index (χ1v) is 16.4. The molecule has 7 nitrogen and oxygen atoms in total. The van der Waals surface area contributed by atoms with Crippen molar-refractivity contribution >= 4 is 27.5 Å². The zero-order valence-electron chi connectivity index (χ0n) is 25.8. The lowest BCUT2D eigenvalue weighted by Crippen LogP contribution is -2.54. The van der Waals surface area contributed by atoms with Crippen molar-refractivity contribution in [1.82, 2.24) is 10.2 Å². The van der Waals surface area contributed by atoms with Gasteiger partial charge in [-0.3, -0.25) is 13.9 Å². The van der Waals surface area contributed by atoms with E-state index in [-0.39, 0.29) is 29.8 Å². The highest BCUT2D eigenvalue weighted by Crippen LogP contribution is 2.25. The first-order chi connectivity index (χ1) is 21.1. The molecule has 1 N–H and O–H groups in total. The maximum absolute atomic E-state index is 14.5. The molecule has 2 amide bonds. The number of anilines is 1. The van der Waals surface area contributed by atoms with Crippen LogP contribution in [0, 0.1) is 13.8 Å². The summed E-state index contributed by atoms with van der Waals surface area (Å²) in [6.45, 7) is 7.46. The number of carbonyl (C=O) groups is 2. The van der Waals surface area contributed by atoms with Crippen molar-refractivity contribution in [3.63, 3.8) is 0 Å². The molecule has 0 aliphatic rings. The highest BCUT2D eigenvalue weighted by atomic mass is 32.2. The zero-order chi connectivity index (χ0) is 31.7. The van der Waals surface area contributed by atoms with Gasteiger partial charge in [-0.05, 0) is 62.6 Å². The fraction of sp³-hybridized carbons (Fsp3) is 0.278. The van der Waals surface area contributed by atoms with E-state index in [2.05, 4.69) is 5.32 Å². The number of nitrogens with one attached hydrogen (secondary N) is 1. The number of carbonyl (C=O) groups excluding carboxylic acids is 2. The van der Waals surface area contributed by atoms with Gasteiger partial charge in [0.05, 0.1) is 10.6 Å². The van der Waals surface area contributed by atoms with Crippen LogP contribution < -0.4 is 9.62 Å². The normalized spacial score (nSPS) is 12.6. The van der Waals surface area contributed by atoms with Crippen LogP contribution in [-0.2, 0) is 32.6 Å². The van der Waals surface area contributed by atoms with E-state index in [0.29, 0.717) is 5.69 Å². The van der Waals surface area contributed by atoms with Crippen LogP contribution in [0.1, 0.15) is 42.5 Å². The minimum atomic E-state index is -4.12. The van der Waals surface area contributed by atoms with Gasteiger partial charge in [-0.2, -0.15) is 0 Å². The molecule has 230 valence electrons. The van der Waals surface area contributed by atoms with Crippen LogP contribution in [0.3, 0.4) is 0 Å². The van der Waals surface area contributed by atoms with Crippen LogP contribution in [0.15, 0.2) is 114 Å². The minimum Gasteiger partial charge on any atom is -0.352 e. The molecule has 0 fully saturated rings. The van der Waals surface area contributed by atoms with Gasteiger partial charge in [0.25, 0.3) is 10.0 Å². The number of sulfonamides is 1. The highest BCUT2D eigenvalue weighted by molar-refractivity contribution is 7.92. The summed E-state index contributed by atoms with van der Waals surface area (Å²) in [5.41, 5.74) is 4.09. The number of hydrogen-bond acceptors (Lipinski definition) is 4. The predicted octanol–water partition coefficient (Wildman–Crippen LogP) is 6.05. The minimum absolute atomic E-state index is 0.0777. The fourth-order valence-corrected chi connectivity index (χ4v) is 6.40. The molecular formula is C36H41N3O4S. The molecule has 0 unspecified atom stereocenters. The molecule has 0 radical (unpaired) electrons. The van der Waals surface area contributed by atoms with Gasteiger partial charge < -0.3 is 10.2 Å². The van der Waals surface area contributed by atoms with Crippen molar-refractivity contribution in [2.45, 2.75) is 64.1 Å². The van der Waals surface area contributed by atoms with Crippen LogP contribution >= 0.6 is 0 Å². The Morgan fingerprint density at radius 1 is 0.773 bits per heavy atom. The standard InChI is InChI=1S/C36H41N3O4S/c1-5-29(4)37-36(41)34(24-30-14-8-6-9-15-30)38(25-31-16-12-13-28(3)23-31)35(40)26-39(32-21-19-27(2)20-22-32)44(42,43)33-17-10-7-11-18-33/h6-23,29,34H,5,24-26H2,1-4H3,(H,37,41)/t29-,34-/m1/s1. The van der Waals surface area contributed by atoms with E-state index < -0.39 is 28.5 Å². The Bertz CT molecular complexity index is 1640. The molecule has 0 bridgehead atoms. The van der Waals surface area contributed by atoms with E-state index in [4.69, 9.17) is 0 Å². The zero-order valence-corrected chi connectivity index (χ0v) is 26.6. The second-order valence-electron chi connectivity index (χ2n) is 11.2. The molecular weight excluding hydrogens is 570 g/mol. The predicted molar refractivity (Wildman–Crippen MR) is 176 cm³/mol. The molecule has 0 aliphatic heterocycles. The second-order valence-corrected chi connectivity index (χ2v) is 13.1. The van der Waals surface area contributed by atoms with Gasteiger partial charge in [-0.1, -0.05) is 103 Å². The van der Waals surface area contributed by atoms with Gasteiger partial charge in [0.15, 0.2) is 0 Å². The number of rotatable bonds is 13. The molecule has 0 spiro atoms. The smallest absolute Gasteiger partial charge is 0.264 e. The van der Waals surface area contributed by atoms with Crippen molar-refractivity contribution in [2.75, 3.05) is 10.8 Å². The molecule has 0 heterocycles. The summed E-state index contributed by atoms with van der Waals surface area (Å²) in [5, 5.41) is 3.07. The number of nitrogens with zero attached hydrogens (tertiary/aromatic N) is 2. The topological polar surface area (TPSA) is 86.8 Å². The lowest BCUT2D eigenvalue weighted by Gasteiger charge is -2.34. The summed E-state index contributed by atoms with van der Waals surface area (Å²) < 4.78 is 29.2. The Labute approximate surface area is 261 Å². The van der Waals surface area contributed by atoms with Crippen molar-refractivity contribution < 1.29 is 18.0 Å². The Hall–Kier alpha value is -4.43. The van der Waals surface area contributed by atoms with Crippen LogP contribution in [0.5, 0.6) is 0 Å². The second kappa shape index (κ2) is 14.8. The largest absolute Gasteiger partial charge is 0.352 e. The Morgan fingerprint density at radius 3 is 2.00 bits per heavy atom.